The summed E-state index contributed by atoms with van der Waals surface area (Å²) in [6, 6.07) is 0. The van der Waals surface area contributed by atoms with Crippen molar-refractivity contribution in [3.05, 3.63) is 16.6 Å². The molecule has 5 nitrogen and oxygen atoms in total. The number of nitrogens with zero attached hydrogens (tertiary/aromatic N) is 2. The van der Waals surface area contributed by atoms with Crippen LogP contribution in [0.3, 0.4) is 0 Å². The summed E-state index contributed by atoms with van der Waals surface area (Å²) in [5, 5.41) is 5.88. The van der Waals surface area contributed by atoms with E-state index in [1.54, 1.807) is 24.6 Å². The van der Waals surface area contributed by atoms with Gasteiger partial charge in [-0.1, -0.05) is 12.2 Å². The summed E-state index contributed by atoms with van der Waals surface area (Å²) in [6.07, 6.45) is 1.78. The molecule has 1 aliphatic heterocycles. The molecular weight excluding hydrogens is 282 g/mol. The van der Waals surface area contributed by atoms with Crippen LogP contribution in [-0.2, 0) is 15.1 Å². The van der Waals surface area contributed by atoms with E-state index < -0.39 is 5.60 Å². The van der Waals surface area contributed by atoms with E-state index in [-0.39, 0.29) is 0 Å². The molecule has 0 saturated carbocycles. The number of ether oxygens (including phenoxy) is 2. The lowest BCUT2D eigenvalue weighted by molar-refractivity contribution is -0.0234. The quantitative estimate of drug-likeness (QED) is 0.814. The molecule has 1 N–H and O–H groups in total. The molecule has 1 fully saturated rings. The second-order valence-electron chi connectivity index (χ2n) is 4.34. The highest BCUT2D eigenvalue weighted by atomic mass is 32.1. The smallest absolute Gasteiger partial charge is 0.181 e. The Morgan fingerprint density at radius 3 is 2.89 bits per heavy atom. The van der Waals surface area contributed by atoms with E-state index in [1.807, 2.05) is 12.4 Å². The van der Waals surface area contributed by atoms with Gasteiger partial charge in [-0.2, -0.15) is 0 Å². The maximum Gasteiger partial charge on any atom is 0.181 e. The monoisotopic (exact) mass is 301 g/mol. The molecule has 2 heterocycles. The van der Waals surface area contributed by atoms with Crippen molar-refractivity contribution in [3.8, 4) is 0 Å². The van der Waals surface area contributed by atoms with Crippen molar-refractivity contribution >= 4 is 28.5 Å². The van der Waals surface area contributed by atoms with Gasteiger partial charge >= 0.3 is 0 Å². The number of thiocarbonyl (C=S) groups is 1. The Morgan fingerprint density at radius 2 is 2.37 bits per heavy atom. The van der Waals surface area contributed by atoms with Gasteiger partial charge in [0.25, 0.3) is 0 Å². The van der Waals surface area contributed by atoms with Gasteiger partial charge in [0.15, 0.2) is 5.60 Å². The van der Waals surface area contributed by atoms with E-state index in [0.717, 1.165) is 31.3 Å². The van der Waals surface area contributed by atoms with E-state index >= 15 is 0 Å². The number of hydrogen-bond acceptors (Lipinski definition) is 6. The third kappa shape index (κ3) is 3.11. The highest BCUT2D eigenvalue weighted by molar-refractivity contribution is 7.80. The molecule has 0 bridgehead atoms. The molecule has 0 amide bonds. The Labute approximate surface area is 122 Å². The van der Waals surface area contributed by atoms with Crippen molar-refractivity contribution in [2.24, 2.45) is 0 Å². The molecule has 1 aliphatic rings. The summed E-state index contributed by atoms with van der Waals surface area (Å²) in [5.41, 5.74) is -0.671. The first-order valence-electron chi connectivity index (χ1n) is 6.20. The summed E-state index contributed by atoms with van der Waals surface area (Å²) in [5.74, 6) is 0. The van der Waals surface area contributed by atoms with Crippen LogP contribution in [0.4, 0.5) is 0 Å². The standard InChI is InChI=1S/C12H19N3O2S2/c1-13-10(18)12(16-2,11-14-3-8-19-11)9-15-4-6-17-7-5-15/h3,8H,4-7,9H2,1-2H3,(H,13,18). The van der Waals surface area contributed by atoms with E-state index in [0.29, 0.717) is 11.5 Å². The lowest BCUT2D eigenvalue weighted by Crippen LogP contribution is -2.53. The van der Waals surface area contributed by atoms with Crippen molar-refractivity contribution in [2.45, 2.75) is 5.60 Å². The van der Waals surface area contributed by atoms with Gasteiger partial charge in [0, 0.05) is 45.4 Å². The topological polar surface area (TPSA) is 46.6 Å². The highest BCUT2D eigenvalue weighted by Crippen LogP contribution is 2.29. The number of thiazole rings is 1. The molecule has 1 atom stereocenters. The number of aromatic nitrogens is 1. The van der Waals surface area contributed by atoms with Gasteiger partial charge in [0.05, 0.1) is 13.2 Å². The minimum absolute atomic E-state index is 0.663. The summed E-state index contributed by atoms with van der Waals surface area (Å²) in [7, 11) is 3.51. The minimum Gasteiger partial charge on any atom is -0.380 e. The van der Waals surface area contributed by atoms with E-state index in [1.165, 1.54) is 0 Å². The normalized spacial score (nSPS) is 19.9. The molecule has 2 rings (SSSR count). The largest absolute Gasteiger partial charge is 0.380 e. The molecule has 1 aromatic heterocycles. The molecule has 1 unspecified atom stereocenters. The third-order valence-corrected chi connectivity index (χ3v) is 4.72. The predicted molar refractivity (Wildman–Crippen MR) is 79.7 cm³/mol. The summed E-state index contributed by atoms with van der Waals surface area (Å²) < 4.78 is 11.2. The maximum absolute atomic E-state index is 5.80. The first-order valence-corrected chi connectivity index (χ1v) is 7.49. The summed E-state index contributed by atoms with van der Waals surface area (Å²) >= 11 is 7.04. The van der Waals surface area contributed by atoms with Crippen molar-refractivity contribution in [1.82, 2.24) is 15.2 Å². The second-order valence-corrected chi connectivity index (χ2v) is 5.64. The fourth-order valence-corrected chi connectivity index (χ4v) is 3.30. The van der Waals surface area contributed by atoms with Gasteiger partial charge in [-0.15, -0.1) is 11.3 Å². The number of rotatable bonds is 5. The van der Waals surface area contributed by atoms with Gasteiger partial charge < -0.3 is 14.8 Å². The van der Waals surface area contributed by atoms with Crippen LogP contribution < -0.4 is 5.32 Å². The molecular formula is C12H19N3O2S2. The fraction of sp³-hybridized carbons (Fsp3) is 0.667. The number of likely N-dealkylation sites (N-methyl/N-ethyl adjacent to an activating group) is 1. The van der Waals surface area contributed by atoms with Crippen LogP contribution in [0.5, 0.6) is 0 Å². The average molecular weight is 301 g/mol. The van der Waals surface area contributed by atoms with Crippen LogP contribution in [0.1, 0.15) is 5.01 Å². The SMILES string of the molecule is CNC(=S)C(CN1CCOCC1)(OC)c1nccs1. The average Bonchev–Trinajstić information content (AvgIpc) is 2.99. The first-order chi connectivity index (χ1) is 9.23. The fourth-order valence-electron chi connectivity index (χ4n) is 2.18. The predicted octanol–water partition coefficient (Wildman–Crippen LogP) is 0.864. The van der Waals surface area contributed by atoms with Gasteiger partial charge in [0.2, 0.25) is 0 Å². The Hall–Kier alpha value is -0.600. The van der Waals surface area contributed by atoms with Crippen molar-refractivity contribution < 1.29 is 9.47 Å². The molecule has 7 heteroatoms. The molecule has 1 saturated heterocycles. The molecule has 106 valence electrons. The summed E-state index contributed by atoms with van der Waals surface area (Å²) in [4.78, 5) is 7.37. The molecule has 0 spiro atoms. The zero-order valence-corrected chi connectivity index (χ0v) is 12.9. The number of nitrogens with one attached hydrogen (secondary N) is 1. The van der Waals surface area contributed by atoms with Crippen LogP contribution in [0.2, 0.25) is 0 Å². The van der Waals surface area contributed by atoms with Gasteiger partial charge in [-0.05, 0) is 0 Å². The minimum atomic E-state index is -0.671. The van der Waals surface area contributed by atoms with E-state index in [9.17, 15) is 0 Å². The molecule has 19 heavy (non-hydrogen) atoms. The Morgan fingerprint density at radius 1 is 1.63 bits per heavy atom. The van der Waals surface area contributed by atoms with Gasteiger partial charge in [-0.3, -0.25) is 4.90 Å². The maximum atomic E-state index is 5.80. The Balaban J connectivity index is 2.24. The lowest BCUT2D eigenvalue weighted by Gasteiger charge is -2.37. The molecule has 0 radical (unpaired) electrons. The van der Waals surface area contributed by atoms with Crippen molar-refractivity contribution in [1.29, 1.82) is 0 Å². The van der Waals surface area contributed by atoms with E-state index in [2.05, 4.69) is 15.2 Å². The number of hydrogen-bond donors (Lipinski definition) is 1. The zero-order chi connectivity index (χ0) is 13.7. The van der Waals surface area contributed by atoms with Crippen LogP contribution >= 0.6 is 23.6 Å². The molecule has 0 aromatic carbocycles. The molecule has 1 aromatic rings. The van der Waals surface area contributed by atoms with Gasteiger partial charge in [0.1, 0.15) is 10.00 Å². The molecule has 0 aliphatic carbocycles. The Kier molecular flexibility index (Phi) is 5.23. The van der Waals surface area contributed by atoms with Gasteiger partial charge in [-0.25, -0.2) is 4.98 Å². The van der Waals surface area contributed by atoms with Crippen LogP contribution in [0.25, 0.3) is 0 Å². The van der Waals surface area contributed by atoms with Crippen molar-refractivity contribution in [2.75, 3.05) is 47.0 Å². The van der Waals surface area contributed by atoms with E-state index in [4.69, 9.17) is 21.7 Å². The Bertz CT molecular complexity index is 407. The van der Waals surface area contributed by atoms with Crippen LogP contribution in [-0.4, -0.2) is 61.9 Å². The van der Waals surface area contributed by atoms with Crippen LogP contribution in [0, 0.1) is 0 Å². The zero-order valence-electron chi connectivity index (χ0n) is 11.2. The second kappa shape index (κ2) is 6.71. The number of methoxy groups -OCH3 is 1. The first kappa shape index (κ1) is 14.8. The van der Waals surface area contributed by atoms with Crippen molar-refractivity contribution in [3.63, 3.8) is 0 Å². The number of morpholine rings is 1. The summed E-state index contributed by atoms with van der Waals surface area (Å²) in [6.45, 7) is 3.99. The highest BCUT2D eigenvalue weighted by Gasteiger charge is 2.41. The third-order valence-electron chi connectivity index (χ3n) is 3.27. The van der Waals surface area contributed by atoms with Crippen LogP contribution in [0.15, 0.2) is 11.6 Å². The lowest BCUT2D eigenvalue weighted by atomic mass is 10.0.